The molecule has 0 aliphatic carbocycles. The van der Waals surface area contributed by atoms with Crippen LogP contribution in [0, 0.1) is 5.92 Å². The molecule has 1 rings (SSSR count). The molecule has 0 bridgehead atoms. The smallest absolute Gasteiger partial charge is 0.0423 e. The monoisotopic (exact) mass is 324 g/mol. The zero-order valence-corrected chi connectivity index (χ0v) is 14.4. The second-order valence-electron chi connectivity index (χ2n) is 5.56. The fourth-order valence-electron chi connectivity index (χ4n) is 2.54. The van der Waals surface area contributed by atoms with E-state index in [-0.39, 0.29) is 0 Å². The molecule has 0 radical (unpaired) electrons. The topological polar surface area (TPSA) is 0 Å². The first-order chi connectivity index (χ1) is 9.22. The molecular weight excluding hydrogens is 296 g/mol. The maximum absolute atomic E-state index is 3.92. The van der Waals surface area contributed by atoms with Crippen LogP contribution in [0.5, 0.6) is 0 Å². The van der Waals surface area contributed by atoms with Crippen molar-refractivity contribution in [3.05, 3.63) is 35.4 Å². The van der Waals surface area contributed by atoms with E-state index in [0.29, 0.717) is 4.83 Å². The summed E-state index contributed by atoms with van der Waals surface area (Å²) in [7, 11) is 0. The van der Waals surface area contributed by atoms with Crippen LogP contribution in [0.25, 0.3) is 0 Å². The molecule has 0 heterocycles. The van der Waals surface area contributed by atoms with Gasteiger partial charge in [-0.1, -0.05) is 86.6 Å². The molecule has 108 valence electrons. The van der Waals surface area contributed by atoms with Gasteiger partial charge in [-0.2, -0.15) is 0 Å². The number of unbranched alkanes of at least 4 members (excludes halogenated alkanes) is 2. The fraction of sp³-hybridized carbons (Fsp3) is 0.667. The number of rotatable bonds is 9. The Morgan fingerprint density at radius 3 is 2.11 bits per heavy atom. The normalized spacial score (nSPS) is 14.3. The number of alkyl halides is 1. The van der Waals surface area contributed by atoms with Crippen LogP contribution in [-0.2, 0) is 6.42 Å². The van der Waals surface area contributed by atoms with Crippen LogP contribution in [0.4, 0.5) is 0 Å². The van der Waals surface area contributed by atoms with Gasteiger partial charge in [-0.25, -0.2) is 0 Å². The zero-order chi connectivity index (χ0) is 14.1. The second-order valence-corrected chi connectivity index (χ2v) is 6.54. The Bertz CT molecular complexity index is 328. The summed E-state index contributed by atoms with van der Waals surface area (Å²) in [5, 5.41) is 0. The Balaban J connectivity index is 2.62. The molecule has 0 aliphatic heterocycles. The highest BCUT2D eigenvalue weighted by Gasteiger charge is 2.18. The average Bonchev–Trinajstić information content (AvgIpc) is 2.46. The molecule has 0 amide bonds. The van der Waals surface area contributed by atoms with Gasteiger partial charge < -0.3 is 0 Å². The van der Waals surface area contributed by atoms with Crippen molar-refractivity contribution in [2.24, 2.45) is 5.92 Å². The first-order valence-electron chi connectivity index (χ1n) is 7.95. The van der Waals surface area contributed by atoms with Crippen LogP contribution >= 0.6 is 15.9 Å². The molecule has 1 heteroatoms. The van der Waals surface area contributed by atoms with Crippen LogP contribution in [0.3, 0.4) is 0 Å². The molecule has 0 saturated carbocycles. The third-order valence-electron chi connectivity index (χ3n) is 3.98. The molecule has 2 atom stereocenters. The molecule has 1 aromatic carbocycles. The summed E-state index contributed by atoms with van der Waals surface area (Å²) < 4.78 is 0. The van der Waals surface area contributed by atoms with Gasteiger partial charge in [-0.05, 0) is 36.3 Å². The average molecular weight is 325 g/mol. The van der Waals surface area contributed by atoms with E-state index in [4.69, 9.17) is 0 Å². The van der Waals surface area contributed by atoms with Gasteiger partial charge in [0.15, 0.2) is 0 Å². The summed E-state index contributed by atoms with van der Waals surface area (Å²) in [4.78, 5) is 0.518. The molecule has 2 unspecified atom stereocenters. The zero-order valence-electron chi connectivity index (χ0n) is 12.8. The molecule has 0 N–H and O–H groups in total. The van der Waals surface area contributed by atoms with Gasteiger partial charge >= 0.3 is 0 Å². The SMILES string of the molecule is CCCCc1ccc(C(Br)C(CC)CCCC)cc1. The summed E-state index contributed by atoms with van der Waals surface area (Å²) in [5.74, 6) is 0.765. The van der Waals surface area contributed by atoms with Gasteiger partial charge in [0, 0.05) is 4.83 Å². The van der Waals surface area contributed by atoms with E-state index in [1.54, 1.807) is 0 Å². The number of hydrogen-bond acceptors (Lipinski definition) is 0. The number of halogens is 1. The Kier molecular flexibility index (Phi) is 8.45. The van der Waals surface area contributed by atoms with Gasteiger partial charge in [-0.3, -0.25) is 0 Å². The van der Waals surface area contributed by atoms with Crippen molar-refractivity contribution >= 4 is 15.9 Å². The molecule has 19 heavy (non-hydrogen) atoms. The van der Waals surface area contributed by atoms with Crippen molar-refractivity contribution in [2.45, 2.75) is 70.5 Å². The molecule has 1 aromatic rings. The first kappa shape index (κ1) is 16.8. The molecule has 0 fully saturated rings. The molecule has 0 aliphatic rings. The van der Waals surface area contributed by atoms with E-state index in [9.17, 15) is 0 Å². The molecule has 0 saturated heterocycles. The van der Waals surface area contributed by atoms with Gasteiger partial charge in [0.2, 0.25) is 0 Å². The molecule has 0 aromatic heterocycles. The van der Waals surface area contributed by atoms with E-state index >= 15 is 0 Å². The van der Waals surface area contributed by atoms with Crippen molar-refractivity contribution in [1.29, 1.82) is 0 Å². The van der Waals surface area contributed by atoms with Gasteiger partial charge in [0.1, 0.15) is 0 Å². The number of hydrogen-bond donors (Lipinski definition) is 0. The lowest BCUT2D eigenvalue weighted by Crippen LogP contribution is -2.07. The summed E-state index contributed by atoms with van der Waals surface area (Å²) >= 11 is 3.92. The summed E-state index contributed by atoms with van der Waals surface area (Å²) in [6, 6.07) is 9.26. The third-order valence-corrected chi connectivity index (χ3v) is 5.26. The first-order valence-corrected chi connectivity index (χ1v) is 8.87. The fourth-order valence-corrected chi connectivity index (χ4v) is 3.49. The van der Waals surface area contributed by atoms with Crippen LogP contribution in [0.2, 0.25) is 0 Å². The Labute approximate surface area is 128 Å². The third kappa shape index (κ3) is 5.69. The largest absolute Gasteiger partial charge is 0.0836 e. The lowest BCUT2D eigenvalue weighted by molar-refractivity contribution is 0.446. The van der Waals surface area contributed by atoms with E-state index in [1.165, 1.54) is 56.1 Å². The van der Waals surface area contributed by atoms with Crippen molar-refractivity contribution in [3.63, 3.8) is 0 Å². The van der Waals surface area contributed by atoms with Crippen molar-refractivity contribution in [3.8, 4) is 0 Å². The van der Waals surface area contributed by atoms with Crippen molar-refractivity contribution in [1.82, 2.24) is 0 Å². The maximum atomic E-state index is 3.92. The van der Waals surface area contributed by atoms with Crippen LogP contribution in [0.1, 0.15) is 75.3 Å². The predicted octanol–water partition coefficient (Wildman–Crippen LogP) is 6.68. The highest BCUT2D eigenvalue weighted by atomic mass is 79.9. The van der Waals surface area contributed by atoms with Gasteiger partial charge in [0.05, 0.1) is 0 Å². The minimum atomic E-state index is 0.518. The minimum Gasteiger partial charge on any atom is -0.0836 e. The van der Waals surface area contributed by atoms with E-state index in [1.807, 2.05) is 0 Å². The van der Waals surface area contributed by atoms with Gasteiger partial charge in [-0.15, -0.1) is 0 Å². The van der Waals surface area contributed by atoms with Crippen molar-refractivity contribution in [2.75, 3.05) is 0 Å². The summed E-state index contributed by atoms with van der Waals surface area (Å²) in [5.41, 5.74) is 2.93. The quantitative estimate of drug-likeness (QED) is 0.444. The van der Waals surface area contributed by atoms with Crippen molar-refractivity contribution < 1.29 is 0 Å². The molecular formula is C18H29Br. The Morgan fingerprint density at radius 1 is 0.947 bits per heavy atom. The summed E-state index contributed by atoms with van der Waals surface area (Å²) in [6.07, 6.45) is 9.02. The number of benzene rings is 1. The standard InChI is InChI=1S/C18H29Br/c1-4-7-9-15-11-13-17(14-12-15)18(19)16(6-3)10-8-5-2/h11-14,16,18H,4-10H2,1-3H3. The second kappa shape index (κ2) is 9.58. The molecule has 0 nitrogen and oxygen atoms in total. The van der Waals surface area contributed by atoms with E-state index in [0.717, 1.165) is 5.92 Å². The highest BCUT2D eigenvalue weighted by molar-refractivity contribution is 9.09. The number of aryl methyl sites for hydroxylation is 1. The predicted molar refractivity (Wildman–Crippen MR) is 90.0 cm³/mol. The highest BCUT2D eigenvalue weighted by Crippen LogP contribution is 2.36. The van der Waals surface area contributed by atoms with E-state index < -0.39 is 0 Å². The summed E-state index contributed by atoms with van der Waals surface area (Å²) in [6.45, 7) is 6.84. The van der Waals surface area contributed by atoms with Crippen LogP contribution < -0.4 is 0 Å². The maximum Gasteiger partial charge on any atom is 0.0423 e. The van der Waals surface area contributed by atoms with Crippen LogP contribution in [-0.4, -0.2) is 0 Å². The molecule has 0 spiro atoms. The Hall–Kier alpha value is -0.300. The minimum absolute atomic E-state index is 0.518. The lowest BCUT2D eigenvalue weighted by atomic mass is 9.91. The van der Waals surface area contributed by atoms with E-state index in [2.05, 4.69) is 61.0 Å². The lowest BCUT2D eigenvalue weighted by Gasteiger charge is -2.21. The van der Waals surface area contributed by atoms with Gasteiger partial charge in [0.25, 0.3) is 0 Å². The van der Waals surface area contributed by atoms with Crippen LogP contribution in [0.15, 0.2) is 24.3 Å². The Morgan fingerprint density at radius 2 is 1.58 bits per heavy atom.